The van der Waals surface area contributed by atoms with Gasteiger partial charge in [-0.05, 0) is 63.7 Å². The lowest BCUT2D eigenvalue weighted by molar-refractivity contribution is -0.136. The number of nitrogens with one attached hydrogen (secondary N) is 1. The number of aromatic nitrogens is 1. The lowest BCUT2D eigenvalue weighted by atomic mass is 9.91. The molecule has 1 heterocycles. The second-order valence-corrected chi connectivity index (χ2v) is 9.92. The van der Waals surface area contributed by atoms with Gasteiger partial charge in [0.25, 0.3) is 0 Å². The third-order valence-electron chi connectivity index (χ3n) is 7.36. The van der Waals surface area contributed by atoms with Crippen LogP contribution in [0.3, 0.4) is 0 Å². The Morgan fingerprint density at radius 1 is 0.780 bits per heavy atom. The Hall–Kier alpha value is -4.84. The van der Waals surface area contributed by atoms with Crippen molar-refractivity contribution in [2.45, 2.75) is 19.1 Å². The van der Waals surface area contributed by atoms with Gasteiger partial charge in [0.1, 0.15) is 5.75 Å². The molecule has 6 aromatic rings. The monoisotopic (exact) mass is 548 g/mol. The molecule has 0 saturated heterocycles. The summed E-state index contributed by atoms with van der Waals surface area (Å²) in [6.45, 7) is 0.514. The standard InChI is InChI=1S/C35H27F3N2O/c1-41-32-18-17-24-11-5-6-14-28(24)30(32)22-39-27-13-7-12-25(20-27)33-26(19-23-9-3-2-4-10-23)21-40-34-29(33)15-8-16-31(34)35(36,37)38/h2-18,20-21,39H,19,22H2,1H3. The first-order chi connectivity index (χ1) is 19.9. The first kappa shape index (κ1) is 26.4. The Morgan fingerprint density at radius 2 is 1.54 bits per heavy atom. The van der Waals surface area contributed by atoms with Crippen LogP contribution in [0.25, 0.3) is 32.8 Å². The first-order valence-corrected chi connectivity index (χ1v) is 13.3. The number of hydrogen-bond acceptors (Lipinski definition) is 3. The van der Waals surface area contributed by atoms with Crippen molar-refractivity contribution in [1.29, 1.82) is 0 Å². The largest absolute Gasteiger partial charge is 0.496 e. The van der Waals surface area contributed by atoms with Crippen LogP contribution in [0.2, 0.25) is 0 Å². The van der Waals surface area contributed by atoms with Gasteiger partial charge < -0.3 is 10.1 Å². The van der Waals surface area contributed by atoms with Crippen molar-refractivity contribution in [3.8, 4) is 16.9 Å². The number of ether oxygens (including phenoxy) is 1. The number of benzene rings is 5. The van der Waals surface area contributed by atoms with E-state index >= 15 is 0 Å². The highest BCUT2D eigenvalue weighted by atomic mass is 19.4. The van der Waals surface area contributed by atoms with Crippen molar-refractivity contribution in [2.24, 2.45) is 0 Å². The molecule has 6 heteroatoms. The van der Waals surface area contributed by atoms with E-state index in [-0.39, 0.29) is 5.52 Å². The van der Waals surface area contributed by atoms with Crippen molar-refractivity contribution in [3.05, 3.63) is 138 Å². The van der Waals surface area contributed by atoms with Gasteiger partial charge in [-0.3, -0.25) is 4.98 Å². The van der Waals surface area contributed by atoms with Crippen LogP contribution in [0.5, 0.6) is 5.75 Å². The van der Waals surface area contributed by atoms with Crippen molar-refractivity contribution in [1.82, 2.24) is 4.98 Å². The van der Waals surface area contributed by atoms with E-state index in [1.165, 1.54) is 6.07 Å². The predicted octanol–water partition coefficient (Wildman–Crippen LogP) is 9.29. The summed E-state index contributed by atoms with van der Waals surface area (Å²) in [7, 11) is 1.66. The van der Waals surface area contributed by atoms with Gasteiger partial charge in [0.15, 0.2) is 0 Å². The van der Waals surface area contributed by atoms with E-state index in [0.717, 1.165) is 56.1 Å². The average molecular weight is 549 g/mol. The van der Waals surface area contributed by atoms with Gasteiger partial charge >= 0.3 is 6.18 Å². The zero-order chi connectivity index (χ0) is 28.4. The number of hydrogen-bond donors (Lipinski definition) is 1. The molecule has 5 aromatic carbocycles. The highest BCUT2D eigenvalue weighted by Gasteiger charge is 2.33. The molecule has 3 nitrogen and oxygen atoms in total. The number of fused-ring (bicyclic) bond motifs is 2. The number of rotatable bonds is 7. The van der Waals surface area contributed by atoms with E-state index < -0.39 is 11.7 Å². The molecule has 0 unspecified atom stereocenters. The molecule has 204 valence electrons. The minimum absolute atomic E-state index is 0.0503. The summed E-state index contributed by atoms with van der Waals surface area (Å²) < 4.78 is 47.5. The number of nitrogens with zero attached hydrogens (tertiary/aromatic N) is 1. The van der Waals surface area contributed by atoms with Crippen LogP contribution in [0, 0.1) is 0 Å². The van der Waals surface area contributed by atoms with Crippen LogP contribution in [0.1, 0.15) is 22.3 Å². The molecule has 0 fully saturated rings. The maximum atomic E-state index is 13.9. The summed E-state index contributed by atoms with van der Waals surface area (Å²) in [5.74, 6) is 0.789. The summed E-state index contributed by atoms with van der Waals surface area (Å²) in [5.41, 5.74) is 4.57. The number of methoxy groups -OCH3 is 1. The predicted molar refractivity (Wildman–Crippen MR) is 159 cm³/mol. The SMILES string of the molecule is COc1ccc2ccccc2c1CNc1cccc(-c2c(Cc3ccccc3)cnc3c(C(F)(F)F)cccc23)c1. The van der Waals surface area contributed by atoms with E-state index in [1.54, 1.807) is 19.4 Å². The molecule has 6 rings (SSSR count). The topological polar surface area (TPSA) is 34.1 Å². The Kier molecular flexibility index (Phi) is 7.06. The Bertz CT molecular complexity index is 1850. The summed E-state index contributed by atoms with van der Waals surface area (Å²) in [6, 6.07) is 34.1. The fourth-order valence-electron chi connectivity index (χ4n) is 5.45. The maximum Gasteiger partial charge on any atom is 0.418 e. The Labute approximate surface area is 236 Å². The summed E-state index contributed by atoms with van der Waals surface area (Å²) in [5, 5.41) is 6.20. The number of alkyl halides is 3. The third-order valence-corrected chi connectivity index (χ3v) is 7.36. The Morgan fingerprint density at radius 3 is 2.34 bits per heavy atom. The third kappa shape index (κ3) is 5.33. The second kappa shape index (κ2) is 11.0. The fraction of sp³-hybridized carbons (Fsp3) is 0.114. The van der Waals surface area contributed by atoms with Gasteiger partial charge in [0.2, 0.25) is 0 Å². The van der Waals surface area contributed by atoms with E-state index in [2.05, 4.69) is 22.4 Å². The zero-order valence-corrected chi connectivity index (χ0v) is 22.4. The van der Waals surface area contributed by atoms with Crippen molar-refractivity contribution >= 4 is 27.4 Å². The molecule has 0 atom stereocenters. The number of halogens is 3. The van der Waals surface area contributed by atoms with Crippen LogP contribution in [0.4, 0.5) is 18.9 Å². The summed E-state index contributed by atoms with van der Waals surface area (Å²) in [4.78, 5) is 4.33. The van der Waals surface area contributed by atoms with Crippen LogP contribution < -0.4 is 10.1 Å². The molecular weight excluding hydrogens is 521 g/mol. The van der Waals surface area contributed by atoms with Crippen LogP contribution in [-0.4, -0.2) is 12.1 Å². The molecule has 0 spiro atoms. The number of anilines is 1. The van der Waals surface area contributed by atoms with Crippen LogP contribution in [0.15, 0.2) is 115 Å². The number of pyridine rings is 1. The summed E-state index contributed by atoms with van der Waals surface area (Å²) in [6.07, 6.45) is -2.38. The highest BCUT2D eigenvalue weighted by Crippen LogP contribution is 2.39. The Balaban J connectivity index is 1.44. The normalized spacial score (nSPS) is 11.6. The van der Waals surface area contributed by atoms with Gasteiger partial charge in [0.05, 0.1) is 18.2 Å². The highest BCUT2D eigenvalue weighted by molar-refractivity contribution is 5.98. The molecule has 0 radical (unpaired) electrons. The van der Waals surface area contributed by atoms with Crippen molar-refractivity contribution < 1.29 is 17.9 Å². The molecular formula is C35H27F3N2O. The quantitative estimate of drug-likeness (QED) is 0.216. The molecule has 0 aliphatic carbocycles. The average Bonchev–Trinajstić information content (AvgIpc) is 2.99. The minimum atomic E-state index is -4.51. The molecule has 1 aromatic heterocycles. The molecule has 41 heavy (non-hydrogen) atoms. The lowest BCUT2D eigenvalue weighted by Crippen LogP contribution is -2.07. The van der Waals surface area contributed by atoms with Gasteiger partial charge in [-0.25, -0.2) is 0 Å². The van der Waals surface area contributed by atoms with Crippen LogP contribution in [-0.2, 0) is 19.1 Å². The molecule has 0 amide bonds. The molecule has 1 N–H and O–H groups in total. The van der Waals surface area contributed by atoms with Crippen molar-refractivity contribution in [3.63, 3.8) is 0 Å². The second-order valence-electron chi connectivity index (χ2n) is 9.92. The smallest absolute Gasteiger partial charge is 0.418 e. The molecule has 0 aliphatic heterocycles. The van der Waals surface area contributed by atoms with Crippen LogP contribution >= 0.6 is 0 Å². The maximum absolute atomic E-state index is 13.9. The van der Waals surface area contributed by atoms with Gasteiger partial charge in [-0.2, -0.15) is 13.2 Å². The minimum Gasteiger partial charge on any atom is -0.496 e. The fourth-order valence-corrected chi connectivity index (χ4v) is 5.45. The summed E-state index contributed by atoms with van der Waals surface area (Å²) >= 11 is 0. The van der Waals surface area contributed by atoms with Gasteiger partial charge in [0, 0.05) is 29.4 Å². The van der Waals surface area contributed by atoms with Gasteiger partial charge in [-0.15, -0.1) is 0 Å². The van der Waals surface area contributed by atoms with E-state index in [0.29, 0.717) is 18.4 Å². The first-order valence-electron chi connectivity index (χ1n) is 13.3. The van der Waals surface area contributed by atoms with Gasteiger partial charge in [-0.1, -0.05) is 84.9 Å². The number of para-hydroxylation sites is 1. The van der Waals surface area contributed by atoms with Crippen molar-refractivity contribution in [2.75, 3.05) is 12.4 Å². The van der Waals surface area contributed by atoms with E-state index in [4.69, 9.17) is 4.74 Å². The molecule has 0 bridgehead atoms. The van der Waals surface area contributed by atoms with E-state index in [9.17, 15) is 13.2 Å². The zero-order valence-electron chi connectivity index (χ0n) is 22.4. The molecule has 0 aliphatic rings. The van der Waals surface area contributed by atoms with E-state index in [1.807, 2.05) is 78.9 Å². The molecule has 0 saturated carbocycles. The lowest BCUT2D eigenvalue weighted by Gasteiger charge is -2.18.